The Balaban J connectivity index is 2.10. The molecule has 0 amide bonds. The highest BCUT2D eigenvalue weighted by Crippen LogP contribution is 2.23. The van der Waals surface area contributed by atoms with Crippen molar-refractivity contribution in [2.24, 2.45) is 0 Å². The van der Waals surface area contributed by atoms with E-state index in [0.29, 0.717) is 16.9 Å². The molecule has 0 radical (unpaired) electrons. The van der Waals surface area contributed by atoms with E-state index in [9.17, 15) is 9.90 Å². The zero-order chi connectivity index (χ0) is 15.0. The topological polar surface area (TPSA) is 116 Å². The number of nitrogen functional groups attached to an aromatic ring is 1. The summed E-state index contributed by atoms with van der Waals surface area (Å²) in [5, 5.41) is 9.69. The molecule has 0 saturated heterocycles. The van der Waals surface area contributed by atoms with Crippen LogP contribution in [0.1, 0.15) is 10.4 Å². The highest BCUT2D eigenvalue weighted by molar-refractivity contribution is 5.89. The van der Waals surface area contributed by atoms with E-state index in [1.54, 1.807) is 28.8 Å². The summed E-state index contributed by atoms with van der Waals surface area (Å²) < 4.78 is 6.27. The summed E-state index contributed by atoms with van der Waals surface area (Å²) in [5.41, 5.74) is 7.30. The number of anilines is 1. The van der Waals surface area contributed by atoms with E-state index >= 15 is 0 Å². The summed E-state index contributed by atoms with van der Waals surface area (Å²) in [4.78, 5) is 23.2. The van der Waals surface area contributed by atoms with Gasteiger partial charge >= 0.3 is 5.97 Å². The molecule has 3 N–H and O–H groups in total. The number of methoxy groups -OCH3 is 1. The van der Waals surface area contributed by atoms with Gasteiger partial charge in [0.25, 0.3) is 0 Å². The molecule has 21 heavy (non-hydrogen) atoms. The minimum Gasteiger partial charge on any atom is -0.492 e. The lowest BCUT2D eigenvalue weighted by atomic mass is 10.2. The summed E-state index contributed by atoms with van der Waals surface area (Å²) >= 11 is 0. The van der Waals surface area contributed by atoms with Gasteiger partial charge in [-0.2, -0.15) is 9.97 Å². The van der Waals surface area contributed by atoms with E-state index in [-0.39, 0.29) is 17.3 Å². The molecule has 0 saturated carbocycles. The quantitative estimate of drug-likeness (QED) is 0.671. The Labute approximate surface area is 118 Å². The Morgan fingerprint density at radius 2 is 2.00 bits per heavy atom. The van der Waals surface area contributed by atoms with Crippen molar-refractivity contribution in [1.29, 1.82) is 0 Å². The maximum Gasteiger partial charge on any atom is 0.337 e. The van der Waals surface area contributed by atoms with Crippen molar-refractivity contribution in [1.82, 2.24) is 19.5 Å². The second-order valence-corrected chi connectivity index (χ2v) is 4.23. The van der Waals surface area contributed by atoms with Crippen LogP contribution in [-0.4, -0.2) is 37.7 Å². The van der Waals surface area contributed by atoms with Crippen LogP contribution in [0.5, 0.6) is 5.88 Å². The van der Waals surface area contributed by atoms with Gasteiger partial charge in [0, 0.05) is 5.69 Å². The smallest absolute Gasteiger partial charge is 0.337 e. The Kier molecular flexibility index (Phi) is 2.90. The monoisotopic (exact) mass is 285 g/mol. The fraction of sp³-hybridized carbons (Fsp3) is 0.0769. The van der Waals surface area contributed by atoms with Crippen molar-refractivity contribution in [2.45, 2.75) is 0 Å². The fourth-order valence-electron chi connectivity index (χ4n) is 1.97. The van der Waals surface area contributed by atoms with E-state index in [1.165, 1.54) is 13.4 Å². The van der Waals surface area contributed by atoms with Gasteiger partial charge in [0.05, 0.1) is 12.7 Å². The minimum absolute atomic E-state index is 0.0482. The lowest BCUT2D eigenvalue weighted by molar-refractivity contribution is 0.0601. The van der Waals surface area contributed by atoms with Crippen LogP contribution >= 0.6 is 0 Å². The third-order valence-corrected chi connectivity index (χ3v) is 2.96. The molecule has 3 aromatic rings. The third kappa shape index (κ3) is 2.12. The molecule has 0 aliphatic rings. The Morgan fingerprint density at radius 1 is 1.29 bits per heavy atom. The van der Waals surface area contributed by atoms with Crippen LogP contribution in [0.15, 0.2) is 30.6 Å². The number of carbonyl (C=O) groups excluding carboxylic acids is 1. The standard InChI is InChI=1S/C13H11N5O3/c1-21-12(20)7-2-4-8(5-3-7)18-6-15-9-10(18)16-13(14)17-11(9)19/h2-6H,1H3,(H3,14,16,17,19). The first kappa shape index (κ1) is 12.9. The van der Waals surface area contributed by atoms with Crippen LogP contribution in [0, 0.1) is 0 Å². The number of carbonyl (C=O) groups is 1. The second kappa shape index (κ2) is 4.75. The number of nitrogens with two attached hydrogens (primary N) is 1. The largest absolute Gasteiger partial charge is 0.492 e. The molecule has 2 heterocycles. The lowest BCUT2D eigenvalue weighted by Gasteiger charge is -2.05. The van der Waals surface area contributed by atoms with Crippen LogP contribution in [0.4, 0.5) is 5.95 Å². The van der Waals surface area contributed by atoms with Gasteiger partial charge in [0.1, 0.15) is 6.33 Å². The molecule has 8 heteroatoms. The molecule has 0 spiro atoms. The number of imidazole rings is 1. The van der Waals surface area contributed by atoms with E-state index in [1.807, 2.05) is 0 Å². The molecule has 0 bridgehead atoms. The summed E-state index contributed by atoms with van der Waals surface area (Å²) in [7, 11) is 1.32. The maximum absolute atomic E-state index is 11.4. The molecule has 0 aliphatic heterocycles. The predicted molar refractivity (Wildman–Crippen MR) is 74.1 cm³/mol. The zero-order valence-electron chi connectivity index (χ0n) is 11.0. The Bertz CT molecular complexity index is 826. The van der Waals surface area contributed by atoms with E-state index in [2.05, 4.69) is 19.7 Å². The fourth-order valence-corrected chi connectivity index (χ4v) is 1.97. The van der Waals surface area contributed by atoms with Gasteiger partial charge in [-0.3, -0.25) is 4.57 Å². The number of esters is 1. The summed E-state index contributed by atoms with van der Waals surface area (Å²) in [5.74, 6) is -0.739. The third-order valence-electron chi connectivity index (χ3n) is 2.96. The molecular formula is C13H11N5O3. The van der Waals surface area contributed by atoms with Crippen LogP contribution in [0.25, 0.3) is 16.9 Å². The highest BCUT2D eigenvalue weighted by Gasteiger charge is 2.13. The molecule has 0 fully saturated rings. The maximum atomic E-state index is 11.4. The second-order valence-electron chi connectivity index (χ2n) is 4.23. The number of hydrogen-bond acceptors (Lipinski definition) is 7. The van der Waals surface area contributed by atoms with Crippen molar-refractivity contribution in [3.8, 4) is 11.6 Å². The molecule has 3 rings (SSSR count). The van der Waals surface area contributed by atoms with E-state index in [0.717, 1.165) is 0 Å². The number of rotatable bonds is 2. The molecule has 1 aromatic carbocycles. The summed E-state index contributed by atoms with van der Waals surface area (Å²) in [6.07, 6.45) is 1.49. The number of ether oxygens (including phenoxy) is 1. The van der Waals surface area contributed by atoms with Crippen molar-refractivity contribution in [3.05, 3.63) is 36.2 Å². The molecule has 0 atom stereocenters. The first-order valence-corrected chi connectivity index (χ1v) is 5.98. The Hall–Kier alpha value is -3.16. The minimum atomic E-state index is -0.416. The number of hydrogen-bond donors (Lipinski definition) is 2. The summed E-state index contributed by atoms with van der Waals surface area (Å²) in [6, 6.07) is 6.67. The number of nitrogens with zero attached hydrogens (tertiary/aromatic N) is 4. The van der Waals surface area contributed by atoms with E-state index in [4.69, 9.17) is 5.73 Å². The molecule has 2 aromatic heterocycles. The average molecular weight is 285 g/mol. The molecule has 106 valence electrons. The normalized spacial score (nSPS) is 10.7. The van der Waals surface area contributed by atoms with Gasteiger partial charge in [0.15, 0.2) is 11.2 Å². The van der Waals surface area contributed by atoms with Crippen LogP contribution < -0.4 is 5.73 Å². The molecule has 8 nitrogen and oxygen atoms in total. The predicted octanol–water partition coefficient (Wildman–Crippen LogP) is 0.890. The molecule has 0 unspecified atom stereocenters. The van der Waals surface area contributed by atoms with Crippen molar-refractivity contribution >= 4 is 23.1 Å². The number of benzene rings is 1. The highest BCUT2D eigenvalue weighted by atomic mass is 16.5. The van der Waals surface area contributed by atoms with E-state index < -0.39 is 5.97 Å². The number of aromatic nitrogens is 4. The van der Waals surface area contributed by atoms with Crippen molar-refractivity contribution in [2.75, 3.05) is 12.8 Å². The van der Waals surface area contributed by atoms with Gasteiger partial charge < -0.3 is 15.6 Å². The molecule has 0 aliphatic carbocycles. The Morgan fingerprint density at radius 3 is 2.67 bits per heavy atom. The van der Waals surface area contributed by atoms with Gasteiger partial charge in [-0.1, -0.05) is 0 Å². The van der Waals surface area contributed by atoms with Gasteiger partial charge in [-0.15, -0.1) is 0 Å². The van der Waals surface area contributed by atoms with Gasteiger partial charge in [-0.25, -0.2) is 9.78 Å². The lowest BCUT2D eigenvalue weighted by Crippen LogP contribution is -2.02. The first-order valence-electron chi connectivity index (χ1n) is 5.98. The van der Waals surface area contributed by atoms with Crippen molar-refractivity contribution < 1.29 is 14.6 Å². The number of fused-ring (bicyclic) bond motifs is 1. The zero-order valence-corrected chi connectivity index (χ0v) is 11.0. The average Bonchev–Trinajstić information content (AvgIpc) is 2.90. The summed E-state index contributed by atoms with van der Waals surface area (Å²) in [6.45, 7) is 0. The number of aromatic hydroxyl groups is 1. The first-order chi connectivity index (χ1) is 10.1. The molecular weight excluding hydrogens is 274 g/mol. The van der Waals surface area contributed by atoms with Crippen LogP contribution in [0.2, 0.25) is 0 Å². The SMILES string of the molecule is COC(=O)c1ccc(-n2cnc3c(O)nc(N)nc32)cc1. The van der Waals surface area contributed by atoms with Gasteiger partial charge in [-0.05, 0) is 24.3 Å². The van der Waals surface area contributed by atoms with Crippen molar-refractivity contribution in [3.63, 3.8) is 0 Å². The van der Waals surface area contributed by atoms with Gasteiger partial charge in [0.2, 0.25) is 11.8 Å². The van der Waals surface area contributed by atoms with Crippen LogP contribution in [0.3, 0.4) is 0 Å². The van der Waals surface area contributed by atoms with Crippen LogP contribution in [-0.2, 0) is 4.74 Å².